The number of para-hydroxylation sites is 1. The highest BCUT2D eigenvalue weighted by molar-refractivity contribution is 5.33. The summed E-state index contributed by atoms with van der Waals surface area (Å²) in [4.78, 5) is 6.36. The second-order valence-corrected chi connectivity index (χ2v) is 9.28. The van der Waals surface area contributed by atoms with Crippen LogP contribution in [0, 0.1) is 0 Å². The number of benzene rings is 1. The minimum Gasteiger partial charge on any atom is -0.491 e. The molecule has 2 heterocycles. The standard InChI is InChI=1S/C23H37NO4/c1-6-12-25-19-14-22(2,3)24(23(4,5)15-19)28-13-11-18-9-7-8-10-21(18)27-17-20-16-26-20/h7-10,19-20H,6,11-17H2,1-5H3. The third-order valence-electron chi connectivity index (χ3n) is 5.50. The molecule has 158 valence electrons. The minimum absolute atomic E-state index is 0.0700. The predicted molar refractivity (Wildman–Crippen MR) is 111 cm³/mol. The Labute approximate surface area is 170 Å². The van der Waals surface area contributed by atoms with Crippen molar-refractivity contribution in [2.24, 2.45) is 0 Å². The summed E-state index contributed by atoms with van der Waals surface area (Å²) in [6.07, 6.45) is 4.41. The molecule has 5 heteroatoms. The number of epoxide rings is 1. The van der Waals surface area contributed by atoms with Gasteiger partial charge in [0.15, 0.2) is 0 Å². The number of nitrogens with zero attached hydrogens (tertiary/aromatic N) is 1. The van der Waals surface area contributed by atoms with Gasteiger partial charge >= 0.3 is 0 Å². The van der Waals surface area contributed by atoms with Crippen LogP contribution < -0.4 is 4.74 Å². The van der Waals surface area contributed by atoms with Crippen molar-refractivity contribution in [3.8, 4) is 5.75 Å². The summed E-state index contributed by atoms with van der Waals surface area (Å²) in [5, 5.41) is 2.20. The maximum absolute atomic E-state index is 6.36. The van der Waals surface area contributed by atoms with Crippen molar-refractivity contribution in [1.29, 1.82) is 0 Å². The van der Waals surface area contributed by atoms with E-state index in [1.54, 1.807) is 0 Å². The van der Waals surface area contributed by atoms with Gasteiger partial charge in [-0.1, -0.05) is 25.1 Å². The molecule has 0 bridgehead atoms. The molecule has 0 radical (unpaired) electrons. The first-order chi connectivity index (χ1) is 13.3. The summed E-state index contributed by atoms with van der Waals surface area (Å²) in [5.74, 6) is 0.937. The maximum Gasteiger partial charge on any atom is 0.122 e. The van der Waals surface area contributed by atoms with E-state index in [4.69, 9.17) is 19.0 Å². The summed E-state index contributed by atoms with van der Waals surface area (Å²) < 4.78 is 17.3. The first kappa shape index (κ1) is 21.6. The van der Waals surface area contributed by atoms with Gasteiger partial charge in [-0.05, 0) is 58.6 Å². The van der Waals surface area contributed by atoms with Crippen LogP contribution in [-0.2, 0) is 20.7 Å². The molecule has 1 aromatic carbocycles. The molecule has 1 aromatic rings. The van der Waals surface area contributed by atoms with Crippen molar-refractivity contribution in [1.82, 2.24) is 5.06 Å². The molecular weight excluding hydrogens is 354 g/mol. The van der Waals surface area contributed by atoms with E-state index in [2.05, 4.69) is 51.8 Å². The fourth-order valence-corrected chi connectivity index (χ4v) is 4.37. The molecule has 0 N–H and O–H groups in total. The van der Waals surface area contributed by atoms with E-state index in [9.17, 15) is 0 Å². The van der Waals surface area contributed by atoms with Gasteiger partial charge in [0.25, 0.3) is 0 Å². The fraction of sp³-hybridized carbons (Fsp3) is 0.739. The number of hydrogen-bond acceptors (Lipinski definition) is 5. The molecule has 2 aliphatic rings. The molecule has 2 aliphatic heterocycles. The summed E-state index contributed by atoms with van der Waals surface area (Å²) in [5.41, 5.74) is 1.04. The summed E-state index contributed by atoms with van der Waals surface area (Å²) in [7, 11) is 0. The SMILES string of the molecule is CCCOC1CC(C)(C)N(OCCc2ccccc2OCC2CO2)C(C)(C)C1. The lowest BCUT2D eigenvalue weighted by Crippen LogP contribution is -2.62. The van der Waals surface area contributed by atoms with E-state index in [1.165, 1.54) is 5.56 Å². The zero-order valence-electron chi connectivity index (χ0n) is 18.2. The Morgan fingerprint density at radius 1 is 1.07 bits per heavy atom. The second-order valence-electron chi connectivity index (χ2n) is 9.28. The molecule has 1 atom stereocenters. The topological polar surface area (TPSA) is 43.5 Å². The molecule has 28 heavy (non-hydrogen) atoms. The maximum atomic E-state index is 6.36. The van der Waals surface area contributed by atoms with Crippen molar-refractivity contribution >= 4 is 0 Å². The van der Waals surface area contributed by atoms with Gasteiger partial charge in [-0.25, -0.2) is 0 Å². The average Bonchev–Trinajstić information content (AvgIpc) is 3.45. The third-order valence-corrected chi connectivity index (χ3v) is 5.50. The van der Waals surface area contributed by atoms with Gasteiger partial charge in [0.1, 0.15) is 18.5 Å². The Bertz CT molecular complexity index is 609. The van der Waals surface area contributed by atoms with Crippen LogP contribution in [0.25, 0.3) is 0 Å². The Morgan fingerprint density at radius 3 is 2.39 bits per heavy atom. The Kier molecular flexibility index (Phi) is 7.02. The fourth-order valence-electron chi connectivity index (χ4n) is 4.37. The van der Waals surface area contributed by atoms with Gasteiger partial charge in [0.05, 0.1) is 19.3 Å². The number of piperidine rings is 1. The van der Waals surface area contributed by atoms with Gasteiger partial charge in [-0.3, -0.25) is 4.84 Å². The molecular formula is C23H37NO4. The van der Waals surface area contributed by atoms with Crippen LogP contribution in [0.3, 0.4) is 0 Å². The molecule has 0 aliphatic carbocycles. The third kappa shape index (κ3) is 5.69. The molecule has 0 aromatic heterocycles. The lowest BCUT2D eigenvalue weighted by molar-refractivity contribution is -0.294. The van der Waals surface area contributed by atoms with Gasteiger partial charge in [-0.15, -0.1) is 0 Å². The minimum atomic E-state index is -0.0700. The number of rotatable bonds is 10. The zero-order valence-corrected chi connectivity index (χ0v) is 18.2. The van der Waals surface area contributed by atoms with Crippen molar-refractivity contribution in [3.63, 3.8) is 0 Å². The van der Waals surface area contributed by atoms with Crippen LogP contribution in [0.15, 0.2) is 24.3 Å². The van der Waals surface area contributed by atoms with E-state index in [-0.39, 0.29) is 17.2 Å². The van der Waals surface area contributed by atoms with Crippen LogP contribution in [0.1, 0.15) is 59.4 Å². The van der Waals surface area contributed by atoms with E-state index >= 15 is 0 Å². The Morgan fingerprint density at radius 2 is 1.75 bits per heavy atom. The smallest absolute Gasteiger partial charge is 0.122 e. The summed E-state index contributed by atoms with van der Waals surface area (Å²) >= 11 is 0. The van der Waals surface area contributed by atoms with Crippen molar-refractivity contribution < 1.29 is 19.0 Å². The van der Waals surface area contributed by atoms with E-state index in [1.807, 2.05) is 12.1 Å². The molecule has 5 nitrogen and oxygen atoms in total. The van der Waals surface area contributed by atoms with E-state index in [0.29, 0.717) is 19.3 Å². The molecule has 0 amide bonds. The van der Waals surface area contributed by atoms with Gasteiger partial charge < -0.3 is 14.2 Å². The highest BCUT2D eigenvalue weighted by atomic mass is 16.7. The van der Waals surface area contributed by atoms with Crippen LogP contribution in [0.2, 0.25) is 0 Å². The number of ether oxygens (including phenoxy) is 3. The molecule has 0 saturated carbocycles. The summed E-state index contributed by atoms with van der Waals surface area (Å²) in [6.45, 7) is 14.1. The monoisotopic (exact) mass is 391 g/mol. The molecule has 2 fully saturated rings. The normalized spacial score (nSPS) is 24.2. The summed E-state index contributed by atoms with van der Waals surface area (Å²) in [6, 6.07) is 8.22. The average molecular weight is 392 g/mol. The highest BCUT2D eigenvalue weighted by Crippen LogP contribution is 2.40. The van der Waals surface area contributed by atoms with Crippen molar-refractivity contribution in [2.75, 3.05) is 26.4 Å². The number of hydrogen-bond donors (Lipinski definition) is 0. The zero-order chi connectivity index (χ0) is 20.2. The lowest BCUT2D eigenvalue weighted by Gasteiger charge is -2.53. The quantitative estimate of drug-likeness (QED) is 0.554. The Hall–Kier alpha value is -1.14. The van der Waals surface area contributed by atoms with E-state index < -0.39 is 0 Å². The second kappa shape index (κ2) is 9.12. The van der Waals surface area contributed by atoms with Crippen molar-refractivity contribution in [3.05, 3.63) is 29.8 Å². The number of hydroxylamine groups is 2. The predicted octanol–water partition coefficient (Wildman–Crippen LogP) is 4.39. The van der Waals surface area contributed by atoms with Crippen LogP contribution in [0.5, 0.6) is 5.75 Å². The van der Waals surface area contributed by atoms with Crippen LogP contribution in [0.4, 0.5) is 0 Å². The first-order valence-corrected chi connectivity index (χ1v) is 10.7. The molecule has 0 spiro atoms. The van der Waals surface area contributed by atoms with Crippen LogP contribution >= 0.6 is 0 Å². The van der Waals surface area contributed by atoms with Crippen molar-refractivity contribution in [2.45, 2.75) is 83.6 Å². The largest absolute Gasteiger partial charge is 0.491 e. The van der Waals surface area contributed by atoms with Gasteiger partial charge in [0, 0.05) is 24.1 Å². The first-order valence-electron chi connectivity index (χ1n) is 10.7. The lowest BCUT2D eigenvalue weighted by atomic mass is 9.80. The molecule has 3 rings (SSSR count). The van der Waals surface area contributed by atoms with Crippen LogP contribution in [-0.4, -0.2) is 54.8 Å². The Balaban J connectivity index is 1.56. The van der Waals surface area contributed by atoms with Gasteiger partial charge in [0.2, 0.25) is 0 Å². The van der Waals surface area contributed by atoms with E-state index in [0.717, 1.165) is 44.6 Å². The van der Waals surface area contributed by atoms with Gasteiger partial charge in [-0.2, -0.15) is 5.06 Å². The molecule has 2 saturated heterocycles. The molecule has 1 unspecified atom stereocenters. The highest BCUT2D eigenvalue weighted by Gasteiger charge is 2.46.